The molecule has 1 aromatic rings. The molecule has 5 heteroatoms. The Morgan fingerprint density at radius 3 is 2.35 bits per heavy atom. The van der Waals surface area contributed by atoms with Gasteiger partial charge in [-0.25, -0.2) is 4.79 Å². The fourth-order valence-electron chi connectivity index (χ4n) is 1.85. The molecule has 0 aliphatic heterocycles. The van der Waals surface area contributed by atoms with Gasteiger partial charge in [-0.05, 0) is 46.2 Å². The summed E-state index contributed by atoms with van der Waals surface area (Å²) < 4.78 is 10.5. The first kappa shape index (κ1) is 16.0. The predicted octanol–water partition coefficient (Wildman–Crippen LogP) is 3.47. The summed E-state index contributed by atoms with van der Waals surface area (Å²) in [4.78, 5) is 22.9. The van der Waals surface area contributed by atoms with Gasteiger partial charge >= 0.3 is 6.09 Å². The Labute approximate surface area is 119 Å². The highest BCUT2D eigenvalue weighted by molar-refractivity contribution is 5.91. The fourth-order valence-corrected chi connectivity index (χ4v) is 1.85. The lowest BCUT2D eigenvalue weighted by Gasteiger charge is -2.22. The predicted molar refractivity (Wildman–Crippen MR) is 77.7 cm³/mol. The van der Waals surface area contributed by atoms with E-state index < -0.39 is 11.7 Å². The maximum atomic E-state index is 11.9. The fraction of sp³-hybridized carbons (Fsp3) is 0.467. The molecule has 110 valence electrons. The average Bonchev–Trinajstić information content (AvgIpc) is 2.31. The highest BCUT2D eigenvalue weighted by atomic mass is 16.6. The van der Waals surface area contributed by atoms with Crippen molar-refractivity contribution < 1.29 is 19.1 Å². The molecule has 0 saturated carbocycles. The zero-order valence-electron chi connectivity index (χ0n) is 12.8. The molecule has 1 rings (SSSR count). The molecule has 0 spiro atoms. The number of anilines is 1. The Morgan fingerprint density at radius 2 is 1.90 bits per heavy atom. The monoisotopic (exact) mass is 279 g/mol. The second kappa shape index (κ2) is 5.94. The van der Waals surface area contributed by atoms with Gasteiger partial charge in [0.2, 0.25) is 0 Å². The van der Waals surface area contributed by atoms with Crippen LogP contribution >= 0.6 is 0 Å². The molecule has 5 nitrogen and oxygen atoms in total. The van der Waals surface area contributed by atoms with E-state index in [0.29, 0.717) is 22.6 Å². The molecule has 0 atom stereocenters. The molecule has 1 aromatic carbocycles. The SMILES string of the molecule is COc1c(C)c(C=O)cc(C)c1NC(=O)OC(C)(C)C. The van der Waals surface area contributed by atoms with Crippen LogP contribution < -0.4 is 10.1 Å². The van der Waals surface area contributed by atoms with Gasteiger partial charge in [-0.15, -0.1) is 0 Å². The summed E-state index contributed by atoms with van der Waals surface area (Å²) in [6.07, 6.45) is 0.208. The minimum atomic E-state index is -0.580. The van der Waals surface area contributed by atoms with Crippen LogP contribution in [0, 0.1) is 13.8 Å². The molecule has 0 radical (unpaired) electrons. The van der Waals surface area contributed by atoms with Crippen molar-refractivity contribution in [2.24, 2.45) is 0 Å². The molecule has 20 heavy (non-hydrogen) atoms. The van der Waals surface area contributed by atoms with Crippen LogP contribution in [0.4, 0.5) is 10.5 Å². The summed E-state index contributed by atoms with van der Waals surface area (Å²) in [7, 11) is 1.50. The third-order valence-corrected chi connectivity index (χ3v) is 2.72. The molecular weight excluding hydrogens is 258 g/mol. The second-order valence-corrected chi connectivity index (χ2v) is 5.56. The lowest BCUT2D eigenvalue weighted by molar-refractivity contribution is 0.0635. The topological polar surface area (TPSA) is 64.6 Å². The largest absolute Gasteiger partial charge is 0.494 e. The Balaban J connectivity index is 3.15. The molecule has 0 heterocycles. The maximum absolute atomic E-state index is 11.9. The molecule has 0 aromatic heterocycles. The Morgan fingerprint density at radius 1 is 1.30 bits per heavy atom. The van der Waals surface area contributed by atoms with Gasteiger partial charge in [-0.3, -0.25) is 10.1 Å². The van der Waals surface area contributed by atoms with Crippen molar-refractivity contribution in [1.82, 2.24) is 0 Å². The number of nitrogens with one attached hydrogen (secondary N) is 1. The van der Waals surface area contributed by atoms with Crippen molar-refractivity contribution in [3.63, 3.8) is 0 Å². The zero-order valence-corrected chi connectivity index (χ0v) is 12.8. The van der Waals surface area contributed by atoms with Crippen LogP contribution in [0.1, 0.15) is 42.3 Å². The van der Waals surface area contributed by atoms with E-state index >= 15 is 0 Å². The number of hydrogen-bond donors (Lipinski definition) is 1. The number of hydrogen-bond acceptors (Lipinski definition) is 4. The van der Waals surface area contributed by atoms with Crippen LogP contribution in [0.3, 0.4) is 0 Å². The van der Waals surface area contributed by atoms with Crippen molar-refractivity contribution in [3.05, 3.63) is 22.8 Å². The summed E-state index contributed by atoms with van der Waals surface area (Å²) >= 11 is 0. The molecule has 0 unspecified atom stereocenters. The average molecular weight is 279 g/mol. The van der Waals surface area contributed by atoms with Gasteiger partial charge in [0.05, 0.1) is 12.8 Å². The Hall–Kier alpha value is -2.04. The number of ether oxygens (including phenoxy) is 2. The van der Waals surface area contributed by atoms with Crippen LogP contribution in [-0.2, 0) is 4.74 Å². The number of aldehydes is 1. The molecule has 0 fully saturated rings. The minimum Gasteiger partial charge on any atom is -0.494 e. The second-order valence-electron chi connectivity index (χ2n) is 5.56. The van der Waals surface area contributed by atoms with Gasteiger partial charge < -0.3 is 9.47 Å². The summed E-state index contributed by atoms with van der Waals surface area (Å²) in [5.41, 5.74) is 1.89. The van der Waals surface area contributed by atoms with Gasteiger partial charge in [-0.2, -0.15) is 0 Å². The zero-order chi connectivity index (χ0) is 15.5. The van der Waals surface area contributed by atoms with E-state index in [9.17, 15) is 9.59 Å². The van der Waals surface area contributed by atoms with Gasteiger partial charge in [0.1, 0.15) is 17.6 Å². The van der Waals surface area contributed by atoms with E-state index in [1.54, 1.807) is 40.7 Å². The smallest absolute Gasteiger partial charge is 0.412 e. The van der Waals surface area contributed by atoms with Crippen molar-refractivity contribution >= 4 is 18.1 Å². The van der Waals surface area contributed by atoms with Crippen LogP contribution in [0.2, 0.25) is 0 Å². The maximum Gasteiger partial charge on any atom is 0.412 e. The van der Waals surface area contributed by atoms with Gasteiger partial charge in [0.25, 0.3) is 0 Å². The summed E-state index contributed by atoms with van der Waals surface area (Å²) in [5, 5.41) is 2.68. The van der Waals surface area contributed by atoms with E-state index in [2.05, 4.69) is 5.32 Å². The van der Waals surface area contributed by atoms with Crippen LogP contribution in [0.5, 0.6) is 5.75 Å². The van der Waals surface area contributed by atoms with Crippen LogP contribution in [-0.4, -0.2) is 25.1 Å². The molecule has 0 aliphatic carbocycles. The first-order valence-corrected chi connectivity index (χ1v) is 6.33. The minimum absolute atomic E-state index is 0.470. The lowest BCUT2D eigenvalue weighted by Crippen LogP contribution is -2.27. The number of benzene rings is 1. The van der Waals surface area contributed by atoms with Gasteiger partial charge in [-0.1, -0.05) is 0 Å². The highest BCUT2D eigenvalue weighted by Gasteiger charge is 2.20. The number of carbonyl (C=O) groups is 2. The first-order chi connectivity index (χ1) is 9.19. The summed E-state index contributed by atoms with van der Waals surface area (Å²) in [5.74, 6) is 0.470. The number of methoxy groups -OCH3 is 1. The standard InChI is InChI=1S/C15H21NO4/c1-9-7-11(8-17)10(2)13(19-6)12(9)16-14(18)20-15(3,4)5/h7-8H,1-6H3,(H,16,18). The van der Waals surface area contributed by atoms with E-state index in [-0.39, 0.29) is 0 Å². The molecular formula is C15H21NO4. The summed E-state index contributed by atoms with van der Waals surface area (Å²) in [6, 6.07) is 1.71. The van der Waals surface area contributed by atoms with Gasteiger partial charge in [0, 0.05) is 11.1 Å². The number of amides is 1. The van der Waals surface area contributed by atoms with Crippen molar-refractivity contribution in [2.45, 2.75) is 40.2 Å². The Kier molecular flexibility index (Phi) is 4.76. The molecule has 0 saturated heterocycles. The van der Waals surface area contributed by atoms with E-state index in [1.165, 1.54) is 7.11 Å². The van der Waals surface area contributed by atoms with Crippen molar-refractivity contribution in [1.29, 1.82) is 0 Å². The highest BCUT2D eigenvalue weighted by Crippen LogP contribution is 2.34. The van der Waals surface area contributed by atoms with Crippen molar-refractivity contribution in [3.8, 4) is 5.75 Å². The lowest BCUT2D eigenvalue weighted by atomic mass is 10.0. The van der Waals surface area contributed by atoms with E-state index in [4.69, 9.17) is 9.47 Å². The number of aryl methyl sites for hydroxylation is 1. The third kappa shape index (κ3) is 3.73. The molecule has 0 bridgehead atoms. The van der Waals surface area contributed by atoms with E-state index in [0.717, 1.165) is 11.8 Å². The first-order valence-electron chi connectivity index (χ1n) is 6.33. The van der Waals surface area contributed by atoms with E-state index in [1.807, 2.05) is 0 Å². The van der Waals surface area contributed by atoms with Crippen LogP contribution in [0.25, 0.3) is 0 Å². The molecule has 1 N–H and O–H groups in total. The normalized spacial score (nSPS) is 10.9. The summed E-state index contributed by atoms with van der Waals surface area (Å²) in [6.45, 7) is 8.93. The quantitative estimate of drug-likeness (QED) is 0.860. The van der Waals surface area contributed by atoms with Crippen LogP contribution in [0.15, 0.2) is 6.07 Å². The van der Waals surface area contributed by atoms with Gasteiger partial charge in [0.15, 0.2) is 0 Å². The number of carbonyl (C=O) groups excluding carboxylic acids is 2. The third-order valence-electron chi connectivity index (χ3n) is 2.72. The molecule has 1 amide bonds. The number of rotatable bonds is 3. The Bertz CT molecular complexity index is 530. The molecule has 0 aliphatic rings. The van der Waals surface area contributed by atoms with Crippen molar-refractivity contribution in [2.75, 3.05) is 12.4 Å².